The number of hydrazine groups is 1. The number of nitriles is 1. The number of hydrogen-bond acceptors (Lipinski definition) is 10. The quantitative estimate of drug-likeness (QED) is 0.311. The number of anilines is 4. The molecule has 4 aromatic rings. The molecule has 33 heavy (non-hydrogen) atoms. The molecule has 0 radical (unpaired) electrons. The van der Waals surface area contributed by atoms with Crippen molar-refractivity contribution in [2.45, 2.75) is 0 Å². The van der Waals surface area contributed by atoms with Crippen LogP contribution >= 0.6 is 0 Å². The lowest BCUT2D eigenvalue weighted by molar-refractivity contribution is 0.355. The van der Waals surface area contributed by atoms with Crippen molar-refractivity contribution in [3.8, 4) is 34.6 Å². The van der Waals surface area contributed by atoms with Crippen LogP contribution in [0.1, 0.15) is 5.56 Å². The Morgan fingerprint density at radius 2 is 1.64 bits per heavy atom. The molecule has 0 spiro atoms. The molecule has 0 fully saturated rings. The number of fused-ring (bicyclic) bond motifs is 1. The molecule has 0 saturated heterocycles. The van der Waals surface area contributed by atoms with E-state index in [4.69, 9.17) is 25.7 Å². The molecule has 0 unspecified atom stereocenters. The fourth-order valence-electron chi connectivity index (χ4n) is 3.37. The van der Waals surface area contributed by atoms with Gasteiger partial charge in [0.2, 0.25) is 0 Å². The number of nitrogens with zero attached hydrogens (tertiary/aromatic N) is 4. The first-order chi connectivity index (χ1) is 16.0. The van der Waals surface area contributed by atoms with Crippen molar-refractivity contribution in [2.24, 2.45) is 0 Å². The van der Waals surface area contributed by atoms with Crippen molar-refractivity contribution in [1.29, 1.82) is 5.26 Å². The van der Waals surface area contributed by atoms with E-state index in [2.05, 4.69) is 27.0 Å². The van der Waals surface area contributed by atoms with Crippen LogP contribution in [0.5, 0.6) is 17.2 Å². The second-order valence-electron chi connectivity index (χ2n) is 6.88. The number of ether oxygens (including phenoxy) is 3. The maximum atomic E-state index is 9.78. The van der Waals surface area contributed by atoms with Crippen LogP contribution < -0.4 is 36.5 Å². The molecule has 4 rings (SSSR count). The monoisotopic (exact) mass is 446 g/mol. The summed E-state index contributed by atoms with van der Waals surface area (Å²) in [5.41, 5.74) is 21.1. The standard InChI is InChI=1S/C22H22N8O3/c1-31-14-7-5-13(6-8-14)27-28-18-21(25)29-30-19(15(11-23)20(24)26-22(18)30)12-4-9-16(32-2)17(10-12)33-3/h4-10,27-28H,1-3H3,(H2,24,26)(H2,25,29). The van der Waals surface area contributed by atoms with E-state index < -0.39 is 0 Å². The van der Waals surface area contributed by atoms with Gasteiger partial charge in [0.15, 0.2) is 23.0 Å². The molecule has 11 heteroatoms. The molecule has 2 aromatic carbocycles. The Morgan fingerprint density at radius 1 is 0.909 bits per heavy atom. The Labute approximate surface area is 189 Å². The van der Waals surface area contributed by atoms with Crippen molar-refractivity contribution in [2.75, 3.05) is 43.6 Å². The van der Waals surface area contributed by atoms with Crippen LogP contribution in [0.4, 0.5) is 23.0 Å². The second-order valence-corrected chi connectivity index (χ2v) is 6.88. The molecule has 2 heterocycles. The van der Waals surface area contributed by atoms with Crippen LogP contribution in [0.15, 0.2) is 42.5 Å². The first-order valence-electron chi connectivity index (χ1n) is 9.77. The fraction of sp³-hybridized carbons (Fsp3) is 0.136. The maximum Gasteiger partial charge on any atom is 0.185 e. The predicted octanol–water partition coefficient (Wildman–Crippen LogP) is 2.90. The van der Waals surface area contributed by atoms with E-state index >= 15 is 0 Å². The summed E-state index contributed by atoms with van der Waals surface area (Å²) >= 11 is 0. The van der Waals surface area contributed by atoms with E-state index in [0.29, 0.717) is 34.1 Å². The third-order valence-corrected chi connectivity index (χ3v) is 5.01. The Bertz CT molecular complexity index is 1360. The molecule has 0 saturated carbocycles. The highest BCUT2D eigenvalue weighted by Crippen LogP contribution is 2.36. The Balaban J connectivity index is 1.82. The van der Waals surface area contributed by atoms with Gasteiger partial charge in [-0.25, -0.2) is 9.50 Å². The third kappa shape index (κ3) is 3.81. The Morgan fingerprint density at radius 3 is 2.27 bits per heavy atom. The van der Waals surface area contributed by atoms with Crippen molar-refractivity contribution in [3.63, 3.8) is 0 Å². The van der Waals surface area contributed by atoms with Gasteiger partial charge < -0.3 is 31.1 Å². The van der Waals surface area contributed by atoms with E-state index in [1.807, 2.05) is 24.3 Å². The summed E-state index contributed by atoms with van der Waals surface area (Å²) in [5.74, 6) is 1.97. The molecular weight excluding hydrogens is 424 g/mol. The third-order valence-electron chi connectivity index (χ3n) is 5.01. The molecule has 11 nitrogen and oxygen atoms in total. The van der Waals surface area contributed by atoms with Gasteiger partial charge in [0.1, 0.15) is 28.9 Å². The van der Waals surface area contributed by atoms with Gasteiger partial charge in [-0.15, -0.1) is 5.10 Å². The summed E-state index contributed by atoms with van der Waals surface area (Å²) < 4.78 is 17.4. The van der Waals surface area contributed by atoms with Crippen LogP contribution in [0.2, 0.25) is 0 Å². The van der Waals surface area contributed by atoms with E-state index in [1.54, 1.807) is 32.4 Å². The molecule has 0 amide bonds. The second kappa shape index (κ2) is 8.72. The Hall–Kier alpha value is -4.85. The molecule has 2 aromatic heterocycles. The van der Waals surface area contributed by atoms with Crippen molar-refractivity contribution in [3.05, 3.63) is 48.0 Å². The van der Waals surface area contributed by atoms with Crippen molar-refractivity contribution >= 4 is 28.7 Å². The lowest BCUT2D eigenvalue weighted by Gasteiger charge is -2.13. The van der Waals surface area contributed by atoms with Crippen LogP contribution in [-0.4, -0.2) is 35.9 Å². The number of hydrogen-bond donors (Lipinski definition) is 4. The Kier molecular flexibility index (Phi) is 5.65. The lowest BCUT2D eigenvalue weighted by atomic mass is 10.1. The number of methoxy groups -OCH3 is 3. The van der Waals surface area contributed by atoms with Gasteiger partial charge >= 0.3 is 0 Å². The molecule has 0 aliphatic heterocycles. The summed E-state index contributed by atoms with van der Waals surface area (Å²) in [5, 5.41) is 14.2. The van der Waals surface area contributed by atoms with E-state index in [-0.39, 0.29) is 17.2 Å². The average molecular weight is 446 g/mol. The number of aromatic nitrogens is 3. The van der Waals surface area contributed by atoms with Gasteiger partial charge in [-0.3, -0.25) is 5.43 Å². The minimum atomic E-state index is 0.0437. The largest absolute Gasteiger partial charge is 0.497 e. The highest BCUT2D eigenvalue weighted by atomic mass is 16.5. The van der Waals surface area contributed by atoms with Crippen molar-refractivity contribution < 1.29 is 14.2 Å². The smallest absolute Gasteiger partial charge is 0.185 e. The zero-order valence-corrected chi connectivity index (χ0v) is 18.2. The van der Waals surface area contributed by atoms with Gasteiger partial charge in [0.25, 0.3) is 0 Å². The van der Waals surface area contributed by atoms with Gasteiger partial charge in [0.05, 0.1) is 32.7 Å². The van der Waals surface area contributed by atoms with Gasteiger partial charge in [-0.1, -0.05) is 0 Å². The minimum Gasteiger partial charge on any atom is -0.497 e. The number of nitrogens with one attached hydrogen (secondary N) is 2. The van der Waals surface area contributed by atoms with Crippen LogP contribution in [-0.2, 0) is 0 Å². The SMILES string of the molecule is COc1ccc(NNc2c(N)nn3c(-c4ccc(OC)c(OC)c4)c(C#N)c(N)nc23)cc1. The molecule has 0 aliphatic carbocycles. The number of benzene rings is 2. The lowest BCUT2D eigenvalue weighted by Crippen LogP contribution is -2.11. The minimum absolute atomic E-state index is 0.0437. The zero-order chi connectivity index (χ0) is 23.5. The van der Waals surface area contributed by atoms with Gasteiger partial charge in [-0.05, 0) is 42.5 Å². The summed E-state index contributed by atoms with van der Waals surface area (Å²) in [6, 6.07) is 14.6. The molecule has 6 N–H and O–H groups in total. The van der Waals surface area contributed by atoms with E-state index in [1.165, 1.54) is 11.6 Å². The van der Waals surface area contributed by atoms with Gasteiger partial charge in [-0.2, -0.15) is 5.26 Å². The highest BCUT2D eigenvalue weighted by molar-refractivity contribution is 5.86. The molecule has 0 aliphatic rings. The first-order valence-corrected chi connectivity index (χ1v) is 9.77. The fourth-order valence-corrected chi connectivity index (χ4v) is 3.37. The topological polar surface area (TPSA) is 158 Å². The maximum absolute atomic E-state index is 9.78. The number of nitrogen functional groups attached to an aromatic ring is 2. The van der Waals surface area contributed by atoms with E-state index in [9.17, 15) is 5.26 Å². The van der Waals surface area contributed by atoms with Gasteiger partial charge in [0, 0.05) is 5.56 Å². The van der Waals surface area contributed by atoms with E-state index in [0.717, 1.165) is 11.4 Å². The zero-order valence-electron chi connectivity index (χ0n) is 18.2. The predicted molar refractivity (Wildman–Crippen MR) is 125 cm³/mol. The van der Waals surface area contributed by atoms with Crippen LogP contribution in [0, 0.1) is 11.3 Å². The summed E-state index contributed by atoms with van der Waals surface area (Å²) in [6.45, 7) is 0. The molecule has 0 atom stereocenters. The first kappa shape index (κ1) is 21.4. The average Bonchev–Trinajstić information content (AvgIpc) is 3.15. The number of nitrogens with two attached hydrogens (primary N) is 2. The number of rotatable bonds is 7. The summed E-state index contributed by atoms with van der Waals surface area (Å²) in [7, 11) is 4.67. The summed E-state index contributed by atoms with van der Waals surface area (Å²) in [6.07, 6.45) is 0. The van der Waals surface area contributed by atoms with Crippen molar-refractivity contribution in [1.82, 2.24) is 14.6 Å². The molecule has 168 valence electrons. The molecular formula is C22H22N8O3. The van der Waals surface area contributed by atoms with Crippen LogP contribution in [0.3, 0.4) is 0 Å². The van der Waals surface area contributed by atoms with Crippen LogP contribution in [0.25, 0.3) is 16.9 Å². The highest BCUT2D eigenvalue weighted by Gasteiger charge is 2.22. The molecule has 0 bridgehead atoms. The normalized spacial score (nSPS) is 10.5. The summed E-state index contributed by atoms with van der Waals surface area (Å²) in [4.78, 5) is 4.37.